The Hall–Kier alpha value is -0.330. The maximum absolute atomic E-state index is 10.7. The van der Waals surface area contributed by atoms with Gasteiger partial charge in [-0.2, -0.15) is 0 Å². The Morgan fingerprint density at radius 3 is 2.80 bits per heavy atom. The molecule has 3 fully saturated rings. The number of aldehydes is 1. The average Bonchev–Trinajstić information content (AvgIpc) is 2.87. The molecule has 2 bridgehead atoms. The second-order valence-corrected chi connectivity index (χ2v) is 6.26. The highest BCUT2D eigenvalue weighted by atomic mass is 16.1. The van der Waals surface area contributed by atoms with Crippen molar-refractivity contribution in [2.24, 2.45) is 35.5 Å². The Kier molecular flexibility index (Phi) is 2.37. The van der Waals surface area contributed by atoms with Gasteiger partial charge < -0.3 is 4.79 Å². The molecule has 0 radical (unpaired) electrons. The van der Waals surface area contributed by atoms with Gasteiger partial charge in [0, 0.05) is 5.92 Å². The van der Waals surface area contributed by atoms with Gasteiger partial charge in [0.05, 0.1) is 0 Å². The van der Waals surface area contributed by atoms with Gasteiger partial charge in [0.15, 0.2) is 0 Å². The number of hydrogen-bond donors (Lipinski definition) is 0. The molecule has 0 aromatic heterocycles. The number of hydrogen-bond acceptors (Lipinski definition) is 1. The summed E-state index contributed by atoms with van der Waals surface area (Å²) in [4.78, 5) is 10.7. The van der Waals surface area contributed by atoms with Gasteiger partial charge in [0.25, 0.3) is 0 Å². The van der Waals surface area contributed by atoms with Crippen LogP contribution in [0, 0.1) is 35.5 Å². The maximum Gasteiger partial charge on any atom is 0.122 e. The Labute approximate surface area is 92.6 Å². The molecule has 0 aromatic rings. The zero-order chi connectivity index (χ0) is 10.4. The topological polar surface area (TPSA) is 17.1 Å². The Morgan fingerprint density at radius 1 is 1.20 bits per heavy atom. The molecule has 1 nitrogen and oxygen atoms in total. The SMILES string of the molecule is CC(C=O)CC1CC2CC1C1CCCC21. The van der Waals surface area contributed by atoms with E-state index in [0.29, 0.717) is 5.92 Å². The zero-order valence-corrected chi connectivity index (χ0v) is 9.69. The molecule has 0 aromatic carbocycles. The maximum atomic E-state index is 10.7. The lowest BCUT2D eigenvalue weighted by atomic mass is 9.73. The highest BCUT2D eigenvalue weighted by Crippen LogP contribution is 2.61. The zero-order valence-electron chi connectivity index (χ0n) is 9.69. The van der Waals surface area contributed by atoms with Gasteiger partial charge in [0.1, 0.15) is 6.29 Å². The van der Waals surface area contributed by atoms with Gasteiger partial charge in [-0.3, -0.25) is 0 Å². The molecule has 0 aliphatic heterocycles. The van der Waals surface area contributed by atoms with Crippen LogP contribution in [0.4, 0.5) is 0 Å². The molecule has 6 unspecified atom stereocenters. The van der Waals surface area contributed by atoms with Crippen LogP contribution in [0.1, 0.15) is 45.4 Å². The van der Waals surface area contributed by atoms with Gasteiger partial charge in [0.2, 0.25) is 0 Å². The van der Waals surface area contributed by atoms with Gasteiger partial charge in [-0.15, -0.1) is 0 Å². The van der Waals surface area contributed by atoms with Gasteiger partial charge in [-0.1, -0.05) is 13.3 Å². The minimum absolute atomic E-state index is 0.300. The Bertz CT molecular complexity index is 260. The first-order chi connectivity index (χ1) is 7.29. The number of carbonyl (C=O) groups excluding carboxylic acids is 1. The van der Waals surface area contributed by atoms with Crippen LogP contribution < -0.4 is 0 Å². The summed E-state index contributed by atoms with van der Waals surface area (Å²) in [5.74, 6) is 5.41. The monoisotopic (exact) mass is 206 g/mol. The fourth-order valence-electron chi connectivity index (χ4n) is 5.01. The van der Waals surface area contributed by atoms with E-state index in [-0.39, 0.29) is 0 Å². The van der Waals surface area contributed by atoms with Crippen molar-refractivity contribution in [1.82, 2.24) is 0 Å². The standard InChI is InChI=1S/C14H22O/c1-9(8-15)5-10-6-11-7-14(10)13-4-2-3-12(11)13/h8-14H,2-7H2,1H3. The quantitative estimate of drug-likeness (QED) is 0.648. The third kappa shape index (κ3) is 1.46. The van der Waals surface area contributed by atoms with E-state index in [2.05, 4.69) is 6.92 Å². The summed E-state index contributed by atoms with van der Waals surface area (Å²) in [5.41, 5.74) is 0. The van der Waals surface area contributed by atoms with Crippen molar-refractivity contribution in [2.45, 2.75) is 45.4 Å². The van der Waals surface area contributed by atoms with E-state index in [1.54, 1.807) is 0 Å². The molecule has 0 N–H and O–H groups in total. The van der Waals surface area contributed by atoms with Gasteiger partial charge in [-0.25, -0.2) is 0 Å². The number of carbonyl (C=O) groups is 1. The largest absolute Gasteiger partial charge is 0.303 e. The minimum atomic E-state index is 0.300. The minimum Gasteiger partial charge on any atom is -0.303 e. The van der Waals surface area contributed by atoms with Crippen LogP contribution in [0.25, 0.3) is 0 Å². The second kappa shape index (κ2) is 3.61. The molecule has 3 saturated carbocycles. The van der Waals surface area contributed by atoms with Crippen LogP contribution >= 0.6 is 0 Å². The van der Waals surface area contributed by atoms with E-state index in [4.69, 9.17) is 0 Å². The van der Waals surface area contributed by atoms with Crippen molar-refractivity contribution in [3.63, 3.8) is 0 Å². The molecule has 3 aliphatic rings. The molecule has 3 rings (SSSR count). The summed E-state index contributed by atoms with van der Waals surface area (Å²) in [6.45, 7) is 2.09. The smallest absolute Gasteiger partial charge is 0.122 e. The molecule has 84 valence electrons. The second-order valence-electron chi connectivity index (χ2n) is 6.26. The molecule has 3 aliphatic carbocycles. The molecule has 0 amide bonds. The first kappa shape index (κ1) is 9.86. The summed E-state index contributed by atoms with van der Waals surface area (Å²) in [7, 11) is 0. The summed E-state index contributed by atoms with van der Waals surface area (Å²) >= 11 is 0. The van der Waals surface area contributed by atoms with Crippen LogP contribution in [0.2, 0.25) is 0 Å². The summed E-state index contributed by atoms with van der Waals surface area (Å²) in [6.07, 6.45) is 9.78. The molecular formula is C14H22O. The lowest BCUT2D eigenvalue weighted by molar-refractivity contribution is -0.111. The van der Waals surface area contributed by atoms with Crippen LogP contribution in [0.3, 0.4) is 0 Å². The molecule has 0 saturated heterocycles. The Balaban J connectivity index is 1.68. The van der Waals surface area contributed by atoms with Crippen LogP contribution in [-0.2, 0) is 4.79 Å². The molecule has 0 spiro atoms. The van der Waals surface area contributed by atoms with E-state index < -0.39 is 0 Å². The number of fused-ring (bicyclic) bond motifs is 5. The first-order valence-electron chi connectivity index (χ1n) is 6.75. The van der Waals surface area contributed by atoms with Crippen molar-refractivity contribution in [1.29, 1.82) is 0 Å². The van der Waals surface area contributed by atoms with Crippen LogP contribution in [0.5, 0.6) is 0 Å². The van der Waals surface area contributed by atoms with E-state index >= 15 is 0 Å². The number of rotatable bonds is 3. The van der Waals surface area contributed by atoms with Gasteiger partial charge in [-0.05, 0) is 61.7 Å². The van der Waals surface area contributed by atoms with E-state index in [1.807, 2.05) is 0 Å². The summed E-state index contributed by atoms with van der Waals surface area (Å²) in [6, 6.07) is 0. The third-order valence-corrected chi connectivity index (χ3v) is 5.47. The van der Waals surface area contributed by atoms with Crippen LogP contribution in [-0.4, -0.2) is 6.29 Å². The van der Waals surface area contributed by atoms with Gasteiger partial charge >= 0.3 is 0 Å². The average molecular weight is 206 g/mol. The highest BCUT2D eigenvalue weighted by Gasteiger charge is 2.53. The van der Waals surface area contributed by atoms with E-state index in [9.17, 15) is 4.79 Å². The van der Waals surface area contributed by atoms with E-state index in [0.717, 1.165) is 35.9 Å². The fourth-order valence-corrected chi connectivity index (χ4v) is 5.01. The normalized spacial score (nSPS) is 49.3. The van der Waals surface area contributed by atoms with Crippen LogP contribution in [0.15, 0.2) is 0 Å². The summed E-state index contributed by atoms with van der Waals surface area (Å²) in [5, 5.41) is 0. The fraction of sp³-hybridized carbons (Fsp3) is 0.929. The lowest BCUT2D eigenvalue weighted by Crippen LogP contribution is -2.25. The predicted molar refractivity (Wildman–Crippen MR) is 60.4 cm³/mol. The molecule has 6 atom stereocenters. The van der Waals surface area contributed by atoms with Crippen molar-refractivity contribution >= 4 is 6.29 Å². The first-order valence-corrected chi connectivity index (χ1v) is 6.75. The lowest BCUT2D eigenvalue weighted by Gasteiger charge is -2.32. The molecular weight excluding hydrogens is 184 g/mol. The molecule has 1 heteroatoms. The van der Waals surface area contributed by atoms with Crippen molar-refractivity contribution < 1.29 is 4.79 Å². The summed E-state index contributed by atoms with van der Waals surface area (Å²) < 4.78 is 0. The Morgan fingerprint density at radius 2 is 2.00 bits per heavy atom. The molecule has 15 heavy (non-hydrogen) atoms. The molecule has 0 heterocycles. The third-order valence-electron chi connectivity index (χ3n) is 5.47. The van der Waals surface area contributed by atoms with Crippen molar-refractivity contribution in [3.05, 3.63) is 0 Å². The predicted octanol–water partition coefficient (Wildman–Crippen LogP) is 3.28. The van der Waals surface area contributed by atoms with Crippen molar-refractivity contribution in [2.75, 3.05) is 0 Å². The van der Waals surface area contributed by atoms with E-state index in [1.165, 1.54) is 38.5 Å². The highest BCUT2D eigenvalue weighted by molar-refractivity contribution is 5.52. The van der Waals surface area contributed by atoms with Crippen molar-refractivity contribution in [3.8, 4) is 0 Å².